The van der Waals surface area contributed by atoms with Gasteiger partial charge in [-0.1, -0.05) is 42.4 Å². The van der Waals surface area contributed by atoms with Crippen LogP contribution in [0.1, 0.15) is 18.3 Å². The van der Waals surface area contributed by atoms with E-state index in [1.165, 1.54) is 5.56 Å². The Bertz CT molecular complexity index is 510. The van der Waals surface area contributed by atoms with E-state index in [9.17, 15) is 0 Å². The molecule has 1 aromatic carbocycles. The van der Waals surface area contributed by atoms with E-state index in [4.69, 9.17) is 11.6 Å². The van der Waals surface area contributed by atoms with E-state index in [-0.39, 0.29) is 0 Å². The number of aromatic nitrogens is 3. The van der Waals surface area contributed by atoms with Crippen molar-refractivity contribution in [3.63, 3.8) is 0 Å². The fourth-order valence-corrected chi connectivity index (χ4v) is 2.64. The number of thioether (sulfide) groups is 1. The van der Waals surface area contributed by atoms with Crippen molar-refractivity contribution >= 4 is 23.4 Å². The van der Waals surface area contributed by atoms with Crippen LogP contribution in [0.25, 0.3) is 0 Å². The molecule has 3 nitrogen and oxygen atoms in total. The van der Waals surface area contributed by atoms with Crippen LogP contribution in [0.15, 0.2) is 29.4 Å². The van der Waals surface area contributed by atoms with Gasteiger partial charge in [-0.25, -0.2) is 0 Å². The Morgan fingerprint density at radius 1 is 1.35 bits per heavy atom. The first-order chi connectivity index (χ1) is 8.20. The van der Waals surface area contributed by atoms with Crippen LogP contribution in [-0.4, -0.2) is 14.8 Å². The molecule has 0 saturated carbocycles. The van der Waals surface area contributed by atoms with Gasteiger partial charge in [0.1, 0.15) is 5.82 Å². The van der Waals surface area contributed by atoms with Gasteiger partial charge in [-0.05, 0) is 17.7 Å². The molecule has 0 N–H and O–H groups in total. The molecule has 0 aliphatic heterocycles. The maximum Gasteiger partial charge on any atom is 0.191 e. The van der Waals surface area contributed by atoms with Crippen LogP contribution in [0.2, 0.25) is 5.02 Å². The third kappa shape index (κ3) is 3.01. The lowest BCUT2D eigenvalue weighted by Crippen LogP contribution is -1.97. The van der Waals surface area contributed by atoms with Crippen LogP contribution in [0.4, 0.5) is 0 Å². The quantitative estimate of drug-likeness (QED) is 0.796. The van der Waals surface area contributed by atoms with Crippen molar-refractivity contribution in [1.82, 2.24) is 14.8 Å². The van der Waals surface area contributed by atoms with E-state index in [1.807, 2.05) is 29.8 Å². The molecule has 1 aromatic heterocycles. The number of aryl methyl sites for hydroxylation is 1. The fourth-order valence-electron chi connectivity index (χ4n) is 1.55. The third-order valence-electron chi connectivity index (χ3n) is 2.50. The van der Waals surface area contributed by atoms with Gasteiger partial charge in [0.15, 0.2) is 5.16 Å². The van der Waals surface area contributed by atoms with Crippen LogP contribution in [-0.2, 0) is 19.2 Å². The number of nitrogens with zero attached hydrogens (tertiary/aromatic N) is 3. The van der Waals surface area contributed by atoms with E-state index in [1.54, 1.807) is 11.8 Å². The second-order valence-corrected chi connectivity index (χ2v) is 5.11. The van der Waals surface area contributed by atoms with Crippen molar-refractivity contribution < 1.29 is 0 Å². The molecule has 0 spiro atoms. The minimum Gasteiger partial charge on any atom is -0.309 e. The topological polar surface area (TPSA) is 30.7 Å². The fraction of sp³-hybridized carbons (Fsp3) is 0.333. The number of halogens is 1. The largest absolute Gasteiger partial charge is 0.309 e. The monoisotopic (exact) mass is 267 g/mol. The Balaban J connectivity index is 2.05. The summed E-state index contributed by atoms with van der Waals surface area (Å²) in [5.41, 5.74) is 1.20. The Morgan fingerprint density at radius 2 is 2.18 bits per heavy atom. The zero-order valence-electron chi connectivity index (χ0n) is 9.85. The molecule has 1 heterocycles. The van der Waals surface area contributed by atoms with Crippen molar-refractivity contribution in [3.8, 4) is 0 Å². The van der Waals surface area contributed by atoms with Gasteiger partial charge in [0, 0.05) is 24.2 Å². The minimum absolute atomic E-state index is 0.773. The van der Waals surface area contributed by atoms with E-state index >= 15 is 0 Å². The lowest BCUT2D eigenvalue weighted by molar-refractivity contribution is 0.741. The van der Waals surface area contributed by atoms with E-state index in [0.29, 0.717) is 0 Å². The molecule has 0 saturated heterocycles. The normalized spacial score (nSPS) is 10.8. The molecule has 0 bridgehead atoms. The molecule has 0 aliphatic carbocycles. The summed E-state index contributed by atoms with van der Waals surface area (Å²) < 4.78 is 2.04. The van der Waals surface area contributed by atoms with Crippen molar-refractivity contribution in [3.05, 3.63) is 40.7 Å². The Labute approximate surface area is 110 Å². The lowest BCUT2D eigenvalue weighted by Gasteiger charge is -2.03. The van der Waals surface area contributed by atoms with Crippen LogP contribution in [0.3, 0.4) is 0 Å². The molecular weight excluding hydrogens is 254 g/mol. The zero-order valence-corrected chi connectivity index (χ0v) is 11.4. The van der Waals surface area contributed by atoms with Crippen molar-refractivity contribution in [1.29, 1.82) is 0 Å². The highest BCUT2D eigenvalue weighted by molar-refractivity contribution is 7.98. The second kappa shape index (κ2) is 5.56. The molecule has 0 unspecified atom stereocenters. The van der Waals surface area contributed by atoms with E-state index in [2.05, 4.69) is 23.2 Å². The number of hydrogen-bond donors (Lipinski definition) is 0. The van der Waals surface area contributed by atoms with Crippen molar-refractivity contribution in [2.24, 2.45) is 7.05 Å². The summed E-state index contributed by atoms with van der Waals surface area (Å²) in [5.74, 6) is 1.87. The second-order valence-electron chi connectivity index (χ2n) is 3.73. The molecular formula is C12H14ClN3S. The highest BCUT2D eigenvalue weighted by Crippen LogP contribution is 2.22. The number of rotatable bonds is 4. The molecule has 0 amide bonds. The van der Waals surface area contributed by atoms with E-state index in [0.717, 1.165) is 28.2 Å². The molecule has 17 heavy (non-hydrogen) atoms. The van der Waals surface area contributed by atoms with E-state index < -0.39 is 0 Å². The number of benzene rings is 1. The first-order valence-corrected chi connectivity index (χ1v) is 6.82. The molecule has 0 atom stereocenters. The van der Waals surface area contributed by atoms with Gasteiger partial charge in [0.25, 0.3) is 0 Å². The average Bonchev–Trinajstić information content (AvgIpc) is 2.67. The van der Waals surface area contributed by atoms with Gasteiger partial charge in [0.05, 0.1) is 0 Å². The van der Waals surface area contributed by atoms with Gasteiger partial charge in [-0.2, -0.15) is 0 Å². The van der Waals surface area contributed by atoms with Gasteiger partial charge < -0.3 is 4.57 Å². The Morgan fingerprint density at radius 3 is 2.82 bits per heavy atom. The van der Waals surface area contributed by atoms with Crippen molar-refractivity contribution in [2.45, 2.75) is 24.3 Å². The Kier molecular flexibility index (Phi) is 4.07. The molecule has 5 heteroatoms. The smallest absolute Gasteiger partial charge is 0.191 e. The van der Waals surface area contributed by atoms with Crippen molar-refractivity contribution in [2.75, 3.05) is 0 Å². The summed E-state index contributed by atoms with van der Waals surface area (Å²) in [6.07, 6.45) is 0.904. The summed E-state index contributed by atoms with van der Waals surface area (Å²) in [5, 5.41) is 10.0. The predicted octanol–water partition coefficient (Wildman–Crippen LogP) is 3.32. The minimum atomic E-state index is 0.773. The maximum atomic E-state index is 5.94. The van der Waals surface area contributed by atoms with Crippen LogP contribution >= 0.6 is 23.4 Å². The standard InChI is InChI=1S/C12H14ClN3S/c1-3-11-14-15-12(16(11)2)17-8-9-5-4-6-10(13)7-9/h4-7H,3,8H2,1-2H3. The predicted molar refractivity (Wildman–Crippen MR) is 71.4 cm³/mol. The van der Waals surface area contributed by atoms with Gasteiger partial charge in [-0.15, -0.1) is 10.2 Å². The highest BCUT2D eigenvalue weighted by atomic mass is 35.5. The van der Waals surface area contributed by atoms with Gasteiger partial charge >= 0.3 is 0 Å². The van der Waals surface area contributed by atoms with Crippen LogP contribution in [0, 0.1) is 0 Å². The van der Waals surface area contributed by atoms with Gasteiger partial charge in [0.2, 0.25) is 0 Å². The third-order valence-corrected chi connectivity index (χ3v) is 3.82. The van der Waals surface area contributed by atoms with Crippen LogP contribution < -0.4 is 0 Å². The highest BCUT2D eigenvalue weighted by Gasteiger charge is 2.07. The maximum absolute atomic E-state index is 5.94. The molecule has 0 radical (unpaired) electrons. The number of hydrogen-bond acceptors (Lipinski definition) is 3. The summed E-state index contributed by atoms with van der Waals surface area (Å²) in [6, 6.07) is 7.89. The lowest BCUT2D eigenvalue weighted by atomic mass is 10.2. The Hall–Kier alpha value is -1.00. The molecule has 90 valence electrons. The van der Waals surface area contributed by atoms with Gasteiger partial charge in [-0.3, -0.25) is 0 Å². The zero-order chi connectivity index (χ0) is 12.3. The summed E-state index contributed by atoms with van der Waals surface area (Å²) in [4.78, 5) is 0. The molecule has 2 rings (SSSR count). The summed E-state index contributed by atoms with van der Waals surface area (Å²) in [7, 11) is 2.00. The SMILES string of the molecule is CCc1nnc(SCc2cccc(Cl)c2)n1C. The summed E-state index contributed by atoms with van der Waals surface area (Å²) in [6.45, 7) is 2.08. The molecule has 2 aromatic rings. The molecule has 0 aliphatic rings. The molecule has 0 fully saturated rings. The van der Waals surface area contributed by atoms with Crippen LogP contribution in [0.5, 0.6) is 0 Å². The first-order valence-electron chi connectivity index (χ1n) is 5.46. The average molecular weight is 268 g/mol. The summed E-state index contributed by atoms with van der Waals surface area (Å²) >= 11 is 7.62. The first kappa shape index (κ1) is 12.5.